The molecule has 1 N–H and O–H groups in total. The topological polar surface area (TPSA) is 21.3 Å². The Hall–Kier alpha value is -1.87. The Balaban J connectivity index is 2.06. The quantitative estimate of drug-likeness (QED) is 0.862. The zero-order valence-corrected chi connectivity index (χ0v) is 11.9. The number of rotatable bonds is 6. The van der Waals surface area contributed by atoms with E-state index in [1.165, 1.54) is 11.6 Å². The summed E-state index contributed by atoms with van der Waals surface area (Å²) >= 11 is 0. The molecule has 0 bridgehead atoms. The highest BCUT2D eigenvalue weighted by molar-refractivity contribution is 5.26. The summed E-state index contributed by atoms with van der Waals surface area (Å²) in [5.41, 5.74) is 2.37. The van der Waals surface area contributed by atoms with Gasteiger partial charge in [0.15, 0.2) is 11.6 Å². The summed E-state index contributed by atoms with van der Waals surface area (Å²) in [7, 11) is 0. The number of ether oxygens (including phenoxy) is 1. The fraction of sp³-hybridized carbons (Fsp3) is 0.294. The molecular weight excluding hydrogens is 253 g/mol. The van der Waals surface area contributed by atoms with Gasteiger partial charge in [0.2, 0.25) is 0 Å². The first-order valence-corrected chi connectivity index (χ1v) is 6.88. The van der Waals surface area contributed by atoms with Gasteiger partial charge in [0.25, 0.3) is 0 Å². The lowest BCUT2D eigenvalue weighted by molar-refractivity contribution is 0.257. The number of para-hydroxylation sites is 1. The SMILES string of the molecule is CCNC(COc1ccccc1F)c1ccc(C)cc1. The van der Waals surface area contributed by atoms with Crippen molar-refractivity contribution < 1.29 is 9.13 Å². The van der Waals surface area contributed by atoms with E-state index in [0.717, 1.165) is 12.1 Å². The van der Waals surface area contributed by atoms with Crippen molar-refractivity contribution in [1.29, 1.82) is 0 Å². The van der Waals surface area contributed by atoms with Crippen LogP contribution in [0.15, 0.2) is 48.5 Å². The number of aryl methyl sites for hydroxylation is 1. The van der Waals surface area contributed by atoms with E-state index in [2.05, 4.69) is 36.5 Å². The molecule has 2 rings (SSSR count). The minimum absolute atomic E-state index is 0.0557. The molecule has 0 aliphatic heterocycles. The van der Waals surface area contributed by atoms with E-state index in [1.807, 2.05) is 6.92 Å². The van der Waals surface area contributed by atoms with E-state index in [4.69, 9.17) is 4.74 Å². The molecule has 2 aromatic carbocycles. The van der Waals surface area contributed by atoms with Crippen LogP contribution in [-0.2, 0) is 0 Å². The van der Waals surface area contributed by atoms with Crippen LogP contribution in [0, 0.1) is 12.7 Å². The molecule has 0 saturated heterocycles. The summed E-state index contributed by atoms with van der Waals surface area (Å²) in [4.78, 5) is 0. The minimum Gasteiger partial charge on any atom is -0.489 e. The van der Waals surface area contributed by atoms with Crippen LogP contribution in [0.1, 0.15) is 24.1 Å². The molecule has 0 radical (unpaired) electrons. The molecule has 0 amide bonds. The van der Waals surface area contributed by atoms with Gasteiger partial charge in [-0.1, -0.05) is 48.9 Å². The van der Waals surface area contributed by atoms with Gasteiger partial charge < -0.3 is 10.1 Å². The lowest BCUT2D eigenvalue weighted by Gasteiger charge is -2.19. The van der Waals surface area contributed by atoms with Gasteiger partial charge >= 0.3 is 0 Å². The third-order valence-corrected chi connectivity index (χ3v) is 3.17. The molecule has 0 fully saturated rings. The zero-order chi connectivity index (χ0) is 14.4. The number of halogens is 1. The van der Waals surface area contributed by atoms with Gasteiger partial charge in [0, 0.05) is 0 Å². The van der Waals surface area contributed by atoms with Crippen LogP contribution in [-0.4, -0.2) is 13.2 Å². The van der Waals surface area contributed by atoms with E-state index in [-0.39, 0.29) is 11.9 Å². The molecule has 0 heterocycles. The Labute approximate surface area is 119 Å². The van der Waals surface area contributed by atoms with Gasteiger partial charge in [-0.05, 0) is 31.2 Å². The fourth-order valence-electron chi connectivity index (χ4n) is 2.05. The second kappa shape index (κ2) is 7.06. The summed E-state index contributed by atoms with van der Waals surface area (Å²) in [6.07, 6.45) is 0. The lowest BCUT2D eigenvalue weighted by Crippen LogP contribution is -2.26. The second-order valence-electron chi connectivity index (χ2n) is 4.76. The molecule has 0 aliphatic carbocycles. The predicted molar refractivity (Wildman–Crippen MR) is 79.5 cm³/mol. The normalized spacial score (nSPS) is 12.2. The molecule has 106 valence electrons. The second-order valence-corrected chi connectivity index (χ2v) is 4.76. The maximum atomic E-state index is 13.5. The highest BCUT2D eigenvalue weighted by Crippen LogP contribution is 2.19. The van der Waals surface area contributed by atoms with Crippen molar-refractivity contribution in [2.45, 2.75) is 19.9 Å². The maximum Gasteiger partial charge on any atom is 0.165 e. The Morgan fingerprint density at radius 3 is 2.45 bits per heavy atom. The van der Waals surface area contributed by atoms with E-state index in [1.54, 1.807) is 18.2 Å². The molecule has 0 aliphatic rings. The lowest BCUT2D eigenvalue weighted by atomic mass is 10.1. The van der Waals surface area contributed by atoms with Crippen LogP contribution in [0.25, 0.3) is 0 Å². The van der Waals surface area contributed by atoms with Crippen molar-refractivity contribution in [3.8, 4) is 5.75 Å². The summed E-state index contributed by atoms with van der Waals surface area (Å²) < 4.78 is 19.1. The van der Waals surface area contributed by atoms with E-state index in [0.29, 0.717) is 12.4 Å². The standard InChI is InChI=1S/C17H20FNO/c1-3-19-16(14-10-8-13(2)9-11-14)12-20-17-7-5-4-6-15(17)18/h4-11,16,19H,3,12H2,1-2H3. The average molecular weight is 273 g/mol. The first kappa shape index (κ1) is 14.5. The van der Waals surface area contributed by atoms with Gasteiger partial charge in [0.1, 0.15) is 6.61 Å². The summed E-state index contributed by atoms with van der Waals surface area (Å²) in [6.45, 7) is 5.34. The molecule has 1 atom stereocenters. The first-order chi connectivity index (χ1) is 9.70. The van der Waals surface area contributed by atoms with Crippen LogP contribution < -0.4 is 10.1 Å². The number of hydrogen-bond acceptors (Lipinski definition) is 2. The van der Waals surface area contributed by atoms with Crippen molar-refractivity contribution in [3.05, 3.63) is 65.5 Å². The molecule has 1 unspecified atom stereocenters. The average Bonchev–Trinajstić information content (AvgIpc) is 2.46. The smallest absolute Gasteiger partial charge is 0.165 e. The summed E-state index contributed by atoms with van der Waals surface area (Å²) in [5.74, 6) is -0.0332. The summed E-state index contributed by atoms with van der Waals surface area (Å²) in [6, 6.07) is 14.8. The van der Waals surface area contributed by atoms with Crippen molar-refractivity contribution in [2.24, 2.45) is 0 Å². The van der Waals surface area contributed by atoms with Crippen LogP contribution in [0.3, 0.4) is 0 Å². The molecule has 20 heavy (non-hydrogen) atoms. The number of nitrogens with one attached hydrogen (secondary N) is 1. The van der Waals surface area contributed by atoms with E-state index >= 15 is 0 Å². The van der Waals surface area contributed by atoms with Gasteiger partial charge in [-0.25, -0.2) is 4.39 Å². The van der Waals surface area contributed by atoms with Crippen LogP contribution in [0.5, 0.6) is 5.75 Å². The van der Waals surface area contributed by atoms with Crippen molar-refractivity contribution >= 4 is 0 Å². The molecule has 0 aromatic heterocycles. The highest BCUT2D eigenvalue weighted by Gasteiger charge is 2.12. The Bertz CT molecular complexity index is 539. The predicted octanol–water partition coefficient (Wildman–Crippen LogP) is 3.86. The Morgan fingerprint density at radius 1 is 1.10 bits per heavy atom. The molecule has 2 nitrogen and oxygen atoms in total. The minimum atomic E-state index is -0.327. The summed E-state index contributed by atoms with van der Waals surface area (Å²) in [5, 5.41) is 3.36. The zero-order valence-electron chi connectivity index (χ0n) is 11.9. The number of hydrogen-bond donors (Lipinski definition) is 1. The van der Waals surface area contributed by atoms with Crippen molar-refractivity contribution in [3.63, 3.8) is 0 Å². The van der Waals surface area contributed by atoms with E-state index < -0.39 is 0 Å². The van der Waals surface area contributed by atoms with E-state index in [9.17, 15) is 4.39 Å². The molecule has 0 spiro atoms. The highest BCUT2D eigenvalue weighted by atomic mass is 19.1. The molecule has 2 aromatic rings. The fourth-order valence-corrected chi connectivity index (χ4v) is 2.05. The first-order valence-electron chi connectivity index (χ1n) is 6.88. The van der Waals surface area contributed by atoms with Crippen molar-refractivity contribution in [2.75, 3.05) is 13.2 Å². The third kappa shape index (κ3) is 3.81. The van der Waals surface area contributed by atoms with Gasteiger partial charge in [-0.3, -0.25) is 0 Å². The van der Waals surface area contributed by atoms with Crippen LogP contribution in [0.2, 0.25) is 0 Å². The molecule has 3 heteroatoms. The Morgan fingerprint density at radius 2 is 1.80 bits per heavy atom. The number of likely N-dealkylation sites (N-methyl/N-ethyl adjacent to an activating group) is 1. The molecule has 0 saturated carbocycles. The monoisotopic (exact) mass is 273 g/mol. The van der Waals surface area contributed by atoms with Gasteiger partial charge in [-0.2, -0.15) is 0 Å². The van der Waals surface area contributed by atoms with Crippen molar-refractivity contribution in [1.82, 2.24) is 5.32 Å². The largest absolute Gasteiger partial charge is 0.489 e. The maximum absolute atomic E-state index is 13.5. The van der Waals surface area contributed by atoms with Gasteiger partial charge in [0.05, 0.1) is 6.04 Å². The molecular formula is C17H20FNO. The van der Waals surface area contributed by atoms with Gasteiger partial charge in [-0.15, -0.1) is 0 Å². The third-order valence-electron chi connectivity index (χ3n) is 3.17. The number of benzene rings is 2. The van der Waals surface area contributed by atoms with Crippen LogP contribution in [0.4, 0.5) is 4.39 Å². The van der Waals surface area contributed by atoms with Crippen LogP contribution >= 0.6 is 0 Å². The Kier molecular flexibility index (Phi) is 5.13.